The van der Waals surface area contributed by atoms with Crippen molar-refractivity contribution in [1.82, 2.24) is 4.31 Å². The van der Waals surface area contributed by atoms with Crippen LogP contribution in [0.4, 0.5) is 5.69 Å². The summed E-state index contributed by atoms with van der Waals surface area (Å²) in [4.78, 5) is 38.4. The molecule has 0 aliphatic carbocycles. The molecular weight excluding hydrogens is 512 g/mol. The summed E-state index contributed by atoms with van der Waals surface area (Å²) in [6.07, 6.45) is 0.0187. The fraction of sp³-hybridized carbons (Fsp3) is 0.208. The Kier molecular flexibility index (Phi) is 7.36. The normalized spacial score (nSPS) is 16.2. The van der Waals surface area contributed by atoms with Gasteiger partial charge in [0.15, 0.2) is 0 Å². The molecule has 8 nitrogen and oxygen atoms in total. The summed E-state index contributed by atoms with van der Waals surface area (Å²) in [5, 5.41) is 2.16. The molecule has 0 bridgehead atoms. The van der Waals surface area contributed by atoms with Crippen LogP contribution in [-0.4, -0.2) is 43.1 Å². The van der Waals surface area contributed by atoms with E-state index < -0.39 is 33.8 Å². The second kappa shape index (κ2) is 10.3. The predicted octanol–water partition coefficient (Wildman–Crippen LogP) is 3.89. The van der Waals surface area contributed by atoms with Gasteiger partial charge in [0.25, 0.3) is 15.9 Å². The summed E-state index contributed by atoms with van der Waals surface area (Å²) in [6, 6.07) is 14.8. The summed E-state index contributed by atoms with van der Waals surface area (Å²) in [5.41, 5.74) is 1.07. The van der Waals surface area contributed by atoms with Gasteiger partial charge in [-0.05, 0) is 59.8 Å². The van der Waals surface area contributed by atoms with Gasteiger partial charge in [0.1, 0.15) is 16.0 Å². The van der Waals surface area contributed by atoms with Gasteiger partial charge in [-0.15, -0.1) is 11.3 Å². The van der Waals surface area contributed by atoms with Crippen LogP contribution in [0, 0.1) is 0 Å². The van der Waals surface area contributed by atoms with Gasteiger partial charge in [0, 0.05) is 18.5 Å². The van der Waals surface area contributed by atoms with Crippen LogP contribution in [-0.2, 0) is 30.8 Å². The molecule has 182 valence electrons. The molecule has 1 aliphatic heterocycles. The number of sulfonamides is 1. The highest BCUT2D eigenvalue weighted by Gasteiger charge is 2.47. The van der Waals surface area contributed by atoms with Crippen LogP contribution >= 0.6 is 22.9 Å². The zero-order valence-corrected chi connectivity index (χ0v) is 21.0. The minimum atomic E-state index is -4.04. The summed E-state index contributed by atoms with van der Waals surface area (Å²) in [5.74, 6) is -1.39. The third-order valence-corrected chi connectivity index (χ3v) is 8.91. The van der Waals surface area contributed by atoms with E-state index in [0.29, 0.717) is 11.4 Å². The van der Waals surface area contributed by atoms with E-state index in [2.05, 4.69) is 0 Å². The van der Waals surface area contributed by atoms with E-state index >= 15 is 0 Å². The molecule has 11 heteroatoms. The first kappa shape index (κ1) is 25.1. The molecule has 2 aromatic carbocycles. The van der Waals surface area contributed by atoms with Crippen molar-refractivity contribution < 1.29 is 27.5 Å². The number of rotatable bonds is 8. The molecule has 1 fully saturated rings. The van der Waals surface area contributed by atoms with Crippen molar-refractivity contribution in [3.63, 3.8) is 0 Å². The molecule has 0 N–H and O–H groups in total. The number of ether oxygens (including phenoxy) is 1. The Hall–Kier alpha value is -3.05. The van der Waals surface area contributed by atoms with Crippen molar-refractivity contribution in [2.24, 2.45) is 0 Å². The Morgan fingerprint density at radius 1 is 1.14 bits per heavy atom. The number of carbonyl (C=O) groups is 3. The van der Waals surface area contributed by atoms with Gasteiger partial charge in [0.05, 0.1) is 12.1 Å². The molecule has 0 radical (unpaired) electrons. The van der Waals surface area contributed by atoms with Crippen molar-refractivity contribution in [1.29, 1.82) is 0 Å². The maximum Gasteiger partial charge on any atom is 0.308 e. The summed E-state index contributed by atoms with van der Waals surface area (Å²) in [6.45, 7) is 1.25. The number of esters is 1. The molecule has 1 aromatic heterocycles. The van der Waals surface area contributed by atoms with Gasteiger partial charge in [-0.25, -0.2) is 13.3 Å². The van der Waals surface area contributed by atoms with Gasteiger partial charge in [0.2, 0.25) is 5.91 Å². The first-order valence-corrected chi connectivity index (χ1v) is 13.3. The van der Waals surface area contributed by atoms with E-state index in [1.165, 1.54) is 37.3 Å². The van der Waals surface area contributed by atoms with Crippen LogP contribution in [0.5, 0.6) is 5.75 Å². The number of imide groups is 1. The maximum atomic E-state index is 13.5. The van der Waals surface area contributed by atoms with E-state index in [-0.39, 0.29) is 28.6 Å². The molecule has 0 spiro atoms. The highest BCUT2D eigenvalue weighted by atomic mass is 35.5. The van der Waals surface area contributed by atoms with Crippen LogP contribution in [0.3, 0.4) is 0 Å². The van der Waals surface area contributed by atoms with Crippen molar-refractivity contribution in [3.8, 4) is 5.75 Å². The first-order valence-electron chi connectivity index (χ1n) is 10.6. The Labute approximate surface area is 211 Å². The fourth-order valence-corrected chi connectivity index (χ4v) is 6.76. The lowest BCUT2D eigenvalue weighted by Gasteiger charge is -2.26. The lowest BCUT2D eigenvalue weighted by molar-refractivity contribution is -0.132. The van der Waals surface area contributed by atoms with E-state index in [9.17, 15) is 22.8 Å². The molecule has 1 aliphatic rings. The fourth-order valence-electron chi connectivity index (χ4n) is 3.84. The number of benzene rings is 2. The lowest BCUT2D eigenvalue weighted by Crippen LogP contribution is -2.46. The Morgan fingerprint density at radius 2 is 1.89 bits per heavy atom. The van der Waals surface area contributed by atoms with Gasteiger partial charge in [-0.3, -0.25) is 14.4 Å². The zero-order valence-electron chi connectivity index (χ0n) is 18.6. The molecule has 3 aromatic rings. The molecule has 1 atom stereocenters. The van der Waals surface area contributed by atoms with Gasteiger partial charge in [-0.2, -0.15) is 4.31 Å². The molecule has 1 unspecified atom stereocenters. The molecule has 2 amide bonds. The van der Waals surface area contributed by atoms with Crippen molar-refractivity contribution in [2.75, 3.05) is 11.4 Å². The standard InChI is InChI=1S/C24H21ClN2O6S2/c1-16(28)33-20-9-7-19(8-10-20)27-22(29)15-21(24(27)30)26(35(31,32)23-6-3-13-34-23)12-11-17-4-2-5-18(25)14-17/h2-10,13-14,21H,11-12,15H2,1H3. The number of carbonyl (C=O) groups excluding carboxylic acids is 3. The quantitative estimate of drug-likeness (QED) is 0.248. The van der Waals surface area contributed by atoms with Crippen molar-refractivity contribution in [3.05, 3.63) is 76.6 Å². The third kappa shape index (κ3) is 5.46. The smallest absolute Gasteiger partial charge is 0.308 e. The Morgan fingerprint density at radius 3 is 2.51 bits per heavy atom. The van der Waals surface area contributed by atoms with Crippen LogP contribution in [0.25, 0.3) is 0 Å². The molecule has 0 saturated carbocycles. The molecule has 4 rings (SSSR count). The van der Waals surface area contributed by atoms with Crippen LogP contribution in [0.2, 0.25) is 5.02 Å². The zero-order chi connectivity index (χ0) is 25.2. The highest BCUT2D eigenvalue weighted by molar-refractivity contribution is 7.91. The van der Waals surface area contributed by atoms with E-state index in [0.717, 1.165) is 26.1 Å². The van der Waals surface area contributed by atoms with Gasteiger partial charge >= 0.3 is 5.97 Å². The Balaban J connectivity index is 1.63. The largest absolute Gasteiger partial charge is 0.427 e. The van der Waals surface area contributed by atoms with Crippen molar-refractivity contribution in [2.45, 2.75) is 30.0 Å². The second-order valence-electron chi connectivity index (χ2n) is 7.80. The second-order valence-corrected chi connectivity index (χ2v) is 11.3. The molecule has 1 saturated heterocycles. The number of hydrogen-bond acceptors (Lipinski definition) is 7. The summed E-state index contributed by atoms with van der Waals surface area (Å²) < 4.78 is 33.2. The number of hydrogen-bond donors (Lipinski definition) is 0. The number of amides is 2. The number of halogens is 1. The van der Waals surface area contributed by atoms with Gasteiger partial charge < -0.3 is 4.74 Å². The molecule has 35 heavy (non-hydrogen) atoms. The third-order valence-electron chi connectivity index (χ3n) is 5.39. The molecule has 2 heterocycles. The van der Waals surface area contributed by atoms with E-state index in [1.54, 1.807) is 29.6 Å². The summed E-state index contributed by atoms with van der Waals surface area (Å²) in [7, 11) is -4.04. The SMILES string of the molecule is CC(=O)Oc1ccc(N2C(=O)CC(N(CCc3cccc(Cl)c3)S(=O)(=O)c3cccs3)C2=O)cc1. The van der Waals surface area contributed by atoms with Crippen LogP contribution < -0.4 is 9.64 Å². The predicted molar refractivity (Wildman–Crippen MR) is 132 cm³/mol. The van der Waals surface area contributed by atoms with E-state index in [1.807, 2.05) is 6.07 Å². The average molecular weight is 533 g/mol. The highest BCUT2D eigenvalue weighted by Crippen LogP contribution is 2.31. The van der Waals surface area contributed by atoms with Crippen LogP contribution in [0.15, 0.2) is 70.3 Å². The first-order chi connectivity index (χ1) is 16.7. The summed E-state index contributed by atoms with van der Waals surface area (Å²) >= 11 is 7.11. The molecular formula is C24H21ClN2O6S2. The monoisotopic (exact) mass is 532 g/mol. The number of nitrogens with zero attached hydrogens (tertiary/aromatic N) is 2. The Bertz CT molecular complexity index is 1360. The van der Waals surface area contributed by atoms with Gasteiger partial charge in [-0.1, -0.05) is 29.8 Å². The minimum absolute atomic E-state index is 0.0104. The number of anilines is 1. The lowest BCUT2D eigenvalue weighted by atomic mass is 10.1. The van der Waals surface area contributed by atoms with E-state index in [4.69, 9.17) is 16.3 Å². The average Bonchev–Trinajstić information content (AvgIpc) is 3.44. The number of thiophene rings is 1. The minimum Gasteiger partial charge on any atom is -0.427 e. The van der Waals surface area contributed by atoms with Crippen molar-refractivity contribution >= 4 is 56.4 Å². The maximum absolute atomic E-state index is 13.5. The van der Waals surface area contributed by atoms with Crippen LogP contribution in [0.1, 0.15) is 18.9 Å². The topological polar surface area (TPSA) is 101 Å².